The highest BCUT2D eigenvalue weighted by molar-refractivity contribution is 5.76. The highest BCUT2D eigenvalue weighted by Crippen LogP contribution is 2.46. The Morgan fingerprint density at radius 1 is 0.714 bits per heavy atom. The zero-order chi connectivity index (χ0) is 28.8. The van der Waals surface area contributed by atoms with Crippen molar-refractivity contribution in [1.82, 2.24) is 0 Å². The van der Waals surface area contributed by atoms with Crippen LogP contribution in [0.1, 0.15) is 74.7 Å². The predicted octanol–water partition coefficient (Wildman–Crippen LogP) is 6.52. The standard InChI is InChI=1S/C12H18F6O3.C9H15F3O2/c1-5-9(3,4)8(19)21-7(2)6-10(20,11(13,14)15)12(16,17)18;1-5-8(3,4)7(13)14-6(2)9(10,11)12/h7,20H,5-6H2,1-4H3;6H,5H2,1-4H3. The topological polar surface area (TPSA) is 72.8 Å². The molecule has 0 aliphatic rings. The molecule has 0 radical (unpaired) electrons. The second kappa shape index (κ2) is 12.0. The van der Waals surface area contributed by atoms with Crippen molar-refractivity contribution in [2.24, 2.45) is 10.8 Å². The van der Waals surface area contributed by atoms with Gasteiger partial charge in [-0.25, -0.2) is 0 Å². The summed E-state index contributed by atoms with van der Waals surface area (Å²) >= 11 is 0. The van der Waals surface area contributed by atoms with Gasteiger partial charge in [-0.3, -0.25) is 9.59 Å². The van der Waals surface area contributed by atoms with E-state index in [1.54, 1.807) is 27.7 Å². The highest BCUT2D eigenvalue weighted by Gasteiger charge is 2.70. The van der Waals surface area contributed by atoms with Crippen LogP contribution in [-0.4, -0.2) is 53.4 Å². The van der Waals surface area contributed by atoms with Crippen LogP contribution in [-0.2, 0) is 19.1 Å². The summed E-state index contributed by atoms with van der Waals surface area (Å²) in [6, 6.07) is 0. The molecular weight excluding hydrogens is 503 g/mol. The van der Waals surface area contributed by atoms with E-state index in [2.05, 4.69) is 9.47 Å². The average Bonchev–Trinajstić information content (AvgIpc) is 2.65. The number of halogens is 9. The van der Waals surface area contributed by atoms with Gasteiger partial charge in [0.05, 0.1) is 10.8 Å². The van der Waals surface area contributed by atoms with E-state index in [9.17, 15) is 49.1 Å². The largest absolute Gasteiger partial charge is 0.462 e. The Balaban J connectivity index is 0. The van der Waals surface area contributed by atoms with Gasteiger partial charge >= 0.3 is 30.5 Å². The van der Waals surface area contributed by atoms with Crippen LogP contribution in [0.15, 0.2) is 0 Å². The van der Waals surface area contributed by atoms with Gasteiger partial charge < -0.3 is 14.6 Å². The molecular formula is C21H33F9O5. The number of carbonyl (C=O) groups excluding carboxylic acids is 2. The first-order chi connectivity index (χ1) is 15.2. The van der Waals surface area contributed by atoms with Crippen LogP contribution in [0.25, 0.3) is 0 Å². The van der Waals surface area contributed by atoms with Crippen LogP contribution in [0.3, 0.4) is 0 Å². The quantitative estimate of drug-likeness (QED) is 0.283. The number of esters is 2. The number of carbonyl (C=O) groups is 2. The molecule has 0 aliphatic heterocycles. The zero-order valence-electron chi connectivity index (χ0n) is 20.8. The van der Waals surface area contributed by atoms with Crippen molar-refractivity contribution in [2.75, 3.05) is 0 Å². The molecule has 5 nitrogen and oxygen atoms in total. The smallest absolute Gasteiger partial charge is 0.426 e. The molecule has 0 saturated heterocycles. The summed E-state index contributed by atoms with van der Waals surface area (Å²) in [5.41, 5.74) is -6.82. The molecule has 0 heterocycles. The first-order valence-electron chi connectivity index (χ1n) is 10.5. The summed E-state index contributed by atoms with van der Waals surface area (Å²) in [6.07, 6.45) is -21.2. The van der Waals surface area contributed by atoms with E-state index in [4.69, 9.17) is 5.11 Å². The van der Waals surface area contributed by atoms with E-state index in [-0.39, 0.29) is 0 Å². The number of alkyl halides is 9. The number of hydrogen-bond donors (Lipinski definition) is 1. The lowest BCUT2D eigenvalue weighted by molar-refractivity contribution is -0.373. The van der Waals surface area contributed by atoms with E-state index < -0.39 is 65.5 Å². The lowest BCUT2D eigenvalue weighted by Gasteiger charge is -2.34. The molecule has 0 bridgehead atoms. The molecule has 1 N–H and O–H groups in total. The van der Waals surface area contributed by atoms with Crippen molar-refractivity contribution in [3.05, 3.63) is 0 Å². The summed E-state index contributed by atoms with van der Waals surface area (Å²) in [7, 11) is 0. The molecule has 0 saturated carbocycles. The van der Waals surface area contributed by atoms with Crippen molar-refractivity contribution in [3.63, 3.8) is 0 Å². The minimum Gasteiger partial charge on any atom is -0.462 e. The predicted molar refractivity (Wildman–Crippen MR) is 107 cm³/mol. The lowest BCUT2D eigenvalue weighted by Crippen LogP contribution is -2.58. The summed E-state index contributed by atoms with van der Waals surface area (Å²) in [6.45, 7) is 11.0. The Morgan fingerprint density at radius 2 is 1.03 bits per heavy atom. The number of aliphatic hydroxyl groups is 1. The fourth-order valence-electron chi connectivity index (χ4n) is 1.87. The van der Waals surface area contributed by atoms with Gasteiger partial charge in [0.1, 0.15) is 6.10 Å². The Hall–Kier alpha value is -1.73. The molecule has 14 heteroatoms. The summed E-state index contributed by atoms with van der Waals surface area (Å²) < 4.78 is 120. The van der Waals surface area contributed by atoms with Gasteiger partial charge in [-0.05, 0) is 54.4 Å². The van der Waals surface area contributed by atoms with Crippen molar-refractivity contribution < 1.29 is 63.7 Å². The SMILES string of the molecule is CCC(C)(C)C(=O)OC(C)C(F)(F)F.CCC(C)(C)C(=O)OC(C)CC(O)(C(F)(F)F)C(F)(F)F. The first kappa shape index (κ1) is 35.4. The number of rotatable bonds is 8. The molecule has 2 atom stereocenters. The minimum absolute atomic E-state index is 0.293. The molecule has 0 aromatic heterocycles. The van der Waals surface area contributed by atoms with Crippen LogP contribution in [0.2, 0.25) is 0 Å². The van der Waals surface area contributed by atoms with Gasteiger partial charge in [-0.2, -0.15) is 39.5 Å². The van der Waals surface area contributed by atoms with E-state index in [0.29, 0.717) is 12.8 Å². The fourth-order valence-corrected chi connectivity index (χ4v) is 1.87. The van der Waals surface area contributed by atoms with Crippen LogP contribution in [0.4, 0.5) is 39.5 Å². The maximum Gasteiger partial charge on any atom is 0.426 e. The molecule has 0 spiro atoms. The maximum atomic E-state index is 12.5. The molecule has 0 fully saturated rings. The normalized spacial score (nSPS) is 15.5. The molecule has 35 heavy (non-hydrogen) atoms. The molecule has 0 aromatic rings. The van der Waals surface area contributed by atoms with Crippen LogP contribution < -0.4 is 0 Å². The Labute approximate surface area is 198 Å². The second-order valence-electron chi connectivity index (χ2n) is 9.34. The molecule has 0 aliphatic carbocycles. The molecule has 210 valence electrons. The number of ether oxygens (including phenoxy) is 2. The van der Waals surface area contributed by atoms with Crippen molar-refractivity contribution in [2.45, 2.75) is 111 Å². The third-order valence-corrected chi connectivity index (χ3v) is 5.45. The zero-order valence-corrected chi connectivity index (χ0v) is 20.8. The van der Waals surface area contributed by atoms with Gasteiger partial charge in [0.15, 0.2) is 6.10 Å². The van der Waals surface area contributed by atoms with Crippen LogP contribution in [0, 0.1) is 10.8 Å². The Bertz CT molecular complexity index is 681. The minimum atomic E-state index is -5.92. The maximum absolute atomic E-state index is 12.5. The number of hydrogen-bond acceptors (Lipinski definition) is 5. The van der Waals surface area contributed by atoms with Crippen molar-refractivity contribution >= 4 is 11.9 Å². The van der Waals surface area contributed by atoms with Gasteiger partial charge in [-0.1, -0.05) is 13.8 Å². The van der Waals surface area contributed by atoms with E-state index in [1.807, 2.05) is 0 Å². The Kier molecular flexibility index (Phi) is 12.2. The summed E-state index contributed by atoms with van der Waals surface area (Å²) in [4.78, 5) is 22.9. The first-order valence-corrected chi connectivity index (χ1v) is 10.5. The fraction of sp³-hybridized carbons (Fsp3) is 0.905. The lowest BCUT2D eigenvalue weighted by atomic mass is 9.90. The van der Waals surface area contributed by atoms with Gasteiger partial charge in [-0.15, -0.1) is 0 Å². The highest BCUT2D eigenvalue weighted by atomic mass is 19.4. The van der Waals surface area contributed by atoms with E-state index in [0.717, 1.165) is 13.8 Å². The second-order valence-corrected chi connectivity index (χ2v) is 9.34. The molecule has 0 amide bonds. The van der Waals surface area contributed by atoms with Gasteiger partial charge in [0.25, 0.3) is 5.60 Å². The molecule has 0 rings (SSSR count). The van der Waals surface area contributed by atoms with E-state index in [1.165, 1.54) is 13.8 Å². The van der Waals surface area contributed by atoms with Crippen LogP contribution in [0.5, 0.6) is 0 Å². The van der Waals surface area contributed by atoms with Crippen molar-refractivity contribution in [3.8, 4) is 0 Å². The van der Waals surface area contributed by atoms with Gasteiger partial charge in [0, 0.05) is 6.42 Å². The van der Waals surface area contributed by atoms with Crippen LogP contribution >= 0.6 is 0 Å². The average molecular weight is 536 g/mol. The summed E-state index contributed by atoms with van der Waals surface area (Å²) in [5, 5.41) is 8.99. The van der Waals surface area contributed by atoms with Crippen molar-refractivity contribution in [1.29, 1.82) is 0 Å². The molecule has 2 unspecified atom stereocenters. The molecule has 0 aromatic carbocycles. The third kappa shape index (κ3) is 10.4. The van der Waals surface area contributed by atoms with Gasteiger partial charge in [0.2, 0.25) is 0 Å². The van der Waals surface area contributed by atoms with E-state index >= 15 is 0 Å². The third-order valence-electron chi connectivity index (χ3n) is 5.45. The monoisotopic (exact) mass is 536 g/mol. The summed E-state index contributed by atoms with van der Waals surface area (Å²) in [5.74, 6) is -1.74. The Morgan fingerprint density at radius 3 is 1.29 bits per heavy atom.